The molecule has 1 rings (SSSR count). The highest BCUT2D eigenvalue weighted by atomic mass is 16.2. The maximum Gasteiger partial charge on any atom is 0.227 e. The monoisotopic (exact) mass is 227 g/mol. The summed E-state index contributed by atoms with van der Waals surface area (Å²) in [5.41, 5.74) is 5.39. The highest BCUT2D eigenvalue weighted by Gasteiger charge is 2.34. The molecule has 1 fully saturated rings. The second kappa shape index (κ2) is 6.21. The van der Waals surface area contributed by atoms with Crippen LogP contribution in [-0.2, 0) is 4.79 Å². The summed E-state index contributed by atoms with van der Waals surface area (Å²) in [4.78, 5) is 12.2. The predicted octanol–water partition coefficient (Wildman–Crippen LogP) is 0.620. The zero-order valence-corrected chi connectivity index (χ0v) is 10.5. The van der Waals surface area contributed by atoms with E-state index in [1.54, 1.807) is 0 Å². The van der Waals surface area contributed by atoms with Crippen molar-refractivity contribution in [1.82, 2.24) is 10.6 Å². The van der Waals surface area contributed by atoms with Crippen LogP contribution in [0.1, 0.15) is 39.5 Å². The van der Waals surface area contributed by atoms with Crippen molar-refractivity contribution in [3.63, 3.8) is 0 Å². The van der Waals surface area contributed by atoms with E-state index in [4.69, 9.17) is 5.73 Å². The van der Waals surface area contributed by atoms with Gasteiger partial charge in [0.15, 0.2) is 0 Å². The van der Waals surface area contributed by atoms with Crippen LogP contribution in [0.3, 0.4) is 0 Å². The molecule has 1 aliphatic heterocycles. The molecule has 0 radical (unpaired) electrons. The Bertz CT molecular complexity index is 212. The number of carbonyl (C=O) groups is 1. The first-order valence-electron chi connectivity index (χ1n) is 6.40. The molecule has 4 N–H and O–H groups in total. The van der Waals surface area contributed by atoms with Crippen molar-refractivity contribution in [2.75, 3.05) is 19.6 Å². The van der Waals surface area contributed by atoms with Gasteiger partial charge in [-0.15, -0.1) is 0 Å². The minimum atomic E-state index is -0.364. The van der Waals surface area contributed by atoms with Gasteiger partial charge in [-0.25, -0.2) is 0 Å². The van der Waals surface area contributed by atoms with Gasteiger partial charge in [0.05, 0.1) is 5.41 Å². The first kappa shape index (κ1) is 13.5. The number of piperidine rings is 1. The van der Waals surface area contributed by atoms with Gasteiger partial charge in [0, 0.05) is 19.1 Å². The number of nitrogens with two attached hydrogens (primary N) is 1. The maximum atomic E-state index is 12.2. The van der Waals surface area contributed by atoms with Crippen LogP contribution in [0, 0.1) is 5.41 Å². The summed E-state index contributed by atoms with van der Waals surface area (Å²) >= 11 is 0. The molecule has 16 heavy (non-hydrogen) atoms. The van der Waals surface area contributed by atoms with Gasteiger partial charge in [0.1, 0.15) is 0 Å². The Labute approximate surface area is 98.3 Å². The molecular weight excluding hydrogens is 202 g/mol. The van der Waals surface area contributed by atoms with E-state index in [9.17, 15) is 4.79 Å². The molecule has 0 saturated carbocycles. The van der Waals surface area contributed by atoms with Crippen molar-refractivity contribution in [3.8, 4) is 0 Å². The van der Waals surface area contributed by atoms with Crippen LogP contribution in [0.4, 0.5) is 0 Å². The number of rotatable bonds is 5. The normalized spacial score (nSPS) is 21.8. The van der Waals surface area contributed by atoms with Crippen LogP contribution in [0.2, 0.25) is 0 Å². The van der Waals surface area contributed by atoms with Crippen LogP contribution < -0.4 is 16.4 Å². The van der Waals surface area contributed by atoms with E-state index >= 15 is 0 Å². The Kier molecular flexibility index (Phi) is 5.22. The quantitative estimate of drug-likeness (QED) is 0.645. The van der Waals surface area contributed by atoms with Crippen molar-refractivity contribution in [3.05, 3.63) is 0 Å². The largest absolute Gasteiger partial charge is 0.352 e. The van der Waals surface area contributed by atoms with Crippen LogP contribution >= 0.6 is 0 Å². The number of hydrogen-bond donors (Lipinski definition) is 3. The number of amides is 1. The van der Waals surface area contributed by atoms with Gasteiger partial charge < -0.3 is 16.4 Å². The number of nitrogens with one attached hydrogen (secondary N) is 2. The summed E-state index contributed by atoms with van der Waals surface area (Å²) in [7, 11) is 0. The Morgan fingerprint density at radius 2 is 2.19 bits per heavy atom. The smallest absolute Gasteiger partial charge is 0.227 e. The lowest BCUT2D eigenvalue weighted by molar-refractivity contribution is -0.131. The van der Waals surface area contributed by atoms with Gasteiger partial charge in [0.25, 0.3) is 0 Å². The van der Waals surface area contributed by atoms with Gasteiger partial charge in [-0.05, 0) is 32.2 Å². The summed E-state index contributed by atoms with van der Waals surface area (Å²) in [5.74, 6) is 0.133. The molecule has 0 aromatic heterocycles. The van der Waals surface area contributed by atoms with Gasteiger partial charge in [-0.3, -0.25) is 4.79 Å². The molecule has 94 valence electrons. The van der Waals surface area contributed by atoms with E-state index in [1.165, 1.54) is 0 Å². The fraction of sp³-hybridized carbons (Fsp3) is 0.917. The topological polar surface area (TPSA) is 67.2 Å². The van der Waals surface area contributed by atoms with Crippen molar-refractivity contribution in [1.29, 1.82) is 0 Å². The molecule has 4 heteroatoms. The molecular formula is C12H25N3O. The van der Waals surface area contributed by atoms with E-state index in [1.807, 2.05) is 13.8 Å². The average Bonchev–Trinajstić information content (AvgIpc) is 2.33. The molecule has 0 bridgehead atoms. The second-order valence-electron chi connectivity index (χ2n) is 4.71. The zero-order valence-electron chi connectivity index (χ0n) is 10.5. The fourth-order valence-electron chi connectivity index (χ4n) is 2.27. The fourth-order valence-corrected chi connectivity index (χ4v) is 2.27. The van der Waals surface area contributed by atoms with Gasteiger partial charge in [0.2, 0.25) is 5.91 Å². The Hall–Kier alpha value is -0.610. The minimum absolute atomic E-state index is 0.133. The van der Waals surface area contributed by atoms with Crippen molar-refractivity contribution in [2.45, 2.75) is 45.6 Å². The third-order valence-electron chi connectivity index (χ3n) is 3.86. The van der Waals surface area contributed by atoms with E-state index in [-0.39, 0.29) is 17.4 Å². The summed E-state index contributed by atoms with van der Waals surface area (Å²) in [5, 5.41) is 6.43. The summed E-state index contributed by atoms with van der Waals surface area (Å²) in [6.07, 6.45) is 3.84. The van der Waals surface area contributed by atoms with E-state index in [0.29, 0.717) is 6.54 Å². The minimum Gasteiger partial charge on any atom is -0.352 e. The lowest BCUT2D eigenvalue weighted by Crippen LogP contribution is -2.52. The highest BCUT2D eigenvalue weighted by molar-refractivity contribution is 5.83. The van der Waals surface area contributed by atoms with Crippen molar-refractivity contribution >= 4 is 5.91 Å². The molecule has 4 nitrogen and oxygen atoms in total. The molecule has 0 spiro atoms. The summed E-state index contributed by atoms with van der Waals surface area (Å²) < 4.78 is 0. The average molecular weight is 227 g/mol. The molecule has 1 atom stereocenters. The maximum absolute atomic E-state index is 12.2. The van der Waals surface area contributed by atoms with Gasteiger partial charge in [-0.1, -0.05) is 13.8 Å². The van der Waals surface area contributed by atoms with E-state index in [0.717, 1.165) is 38.8 Å². The first-order chi connectivity index (χ1) is 7.68. The number of carbonyl (C=O) groups excluding carboxylic acids is 1. The zero-order chi connectivity index (χ0) is 12.0. The standard InChI is InChI=1S/C12H25N3O/c1-3-12(4-2,9-13)11(16)15-10-6-5-7-14-8-10/h10,14H,3-9,13H2,1-2H3,(H,15,16)/t10-/m0/s1. The van der Waals surface area contributed by atoms with E-state index in [2.05, 4.69) is 10.6 Å². The number of hydrogen-bond acceptors (Lipinski definition) is 3. The predicted molar refractivity (Wildman–Crippen MR) is 66.1 cm³/mol. The van der Waals surface area contributed by atoms with E-state index < -0.39 is 0 Å². The molecule has 0 unspecified atom stereocenters. The third-order valence-corrected chi connectivity index (χ3v) is 3.86. The van der Waals surface area contributed by atoms with Crippen LogP contribution in [0.15, 0.2) is 0 Å². The molecule has 0 aromatic carbocycles. The SMILES string of the molecule is CCC(CC)(CN)C(=O)N[C@H]1CCCNC1. The van der Waals surface area contributed by atoms with Crippen molar-refractivity contribution in [2.24, 2.45) is 11.1 Å². The van der Waals surface area contributed by atoms with Crippen LogP contribution in [0.25, 0.3) is 0 Å². The summed E-state index contributed by atoms with van der Waals surface area (Å²) in [6.45, 7) is 6.46. The van der Waals surface area contributed by atoms with Crippen LogP contribution in [-0.4, -0.2) is 31.6 Å². The lowest BCUT2D eigenvalue weighted by atomic mass is 9.81. The molecule has 0 aromatic rings. The Morgan fingerprint density at radius 3 is 2.62 bits per heavy atom. The molecule has 0 aliphatic carbocycles. The molecule has 1 amide bonds. The lowest BCUT2D eigenvalue weighted by Gasteiger charge is -2.32. The third kappa shape index (κ3) is 2.95. The van der Waals surface area contributed by atoms with Gasteiger partial charge in [-0.2, -0.15) is 0 Å². The van der Waals surface area contributed by atoms with Crippen molar-refractivity contribution < 1.29 is 4.79 Å². The van der Waals surface area contributed by atoms with Crippen LogP contribution in [0.5, 0.6) is 0 Å². The molecule has 1 saturated heterocycles. The first-order valence-corrected chi connectivity index (χ1v) is 6.40. The Balaban J connectivity index is 2.54. The Morgan fingerprint density at radius 1 is 1.50 bits per heavy atom. The second-order valence-corrected chi connectivity index (χ2v) is 4.71. The van der Waals surface area contributed by atoms with Gasteiger partial charge >= 0.3 is 0 Å². The summed E-state index contributed by atoms with van der Waals surface area (Å²) in [6, 6.07) is 0.283. The molecule has 1 heterocycles. The molecule has 1 aliphatic rings. The highest BCUT2D eigenvalue weighted by Crippen LogP contribution is 2.25.